The molecule has 0 atom stereocenters. The average Bonchev–Trinajstić information content (AvgIpc) is 3.78. The van der Waals surface area contributed by atoms with Gasteiger partial charge in [0, 0.05) is 61.6 Å². The Hall–Kier alpha value is -7.18. The van der Waals surface area contributed by atoms with Crippen LogP contribution in [0.5, 0.6) is 0 Å². The van der Waals surface area contributed by atoms with Crippen LogP contribution in [0, 0.1) is 0 Å². The van der Waals surface area contributed by atoms with Crippen LogP contribution in [0.25, 0.3) is 111 Å². The van der Waals surface area contributed by atoms with E-state index in [1.165, 1.54) is 0 Å². The molecule has 0 unspecified atom stereocenters. The summed E-state index contributed by atoms with van der Waals surface area (Å²) in [7, 11) is 0. The molecule has 0 radical (unpaired) electrons. The number of hydrogen-bond acceptors (Lipinski definition) is 6. The minimum absolute atomic E-state index is 0.576. The lowest BCUT2D eigenvalue weighted by Gasteiger charge is -2.16. The molecule has 6 heteroatoms. The molecule has 0 fully saturated rings. The van der Waals surface area contributed by atoms with Crippen LogP contribution < -0.4 is 0 Å². The molecule has 0 spiro atoms. The molecule has 11 aromatic rings. The van der Waals surface area contributed by atoms with E-state index < -0.39 is 0 Å². The van der Waals surface area contributed by atoms with Crippen molar-refractivity contribution in [3.8, 4) is 45.3 Å². The molecule has 11 rings (SSSR count). The normalized spacial score (nSPS) is 11.8. The zero-order valence-corrected chi connectivity index (χ0v) is 27.6. The van der Waals surface area contributed by atoms with E-state index in [1.807, 2.05) is 85.2 Å². The van der Waals surface area contributed by atoms with E-state index in [-0.39, 0.29) is 0 Å². The Kier molecular flexibility index (Phi) is 6.15. The Labute approximate surface area is 296 Å². The standard InChI is InChI=1S/C46H26N4O2/c1-2-11-28(12-3-1)44-48-45(34-16-9-19-38-42(34)32-14-6-7-17-37(32)51-38)50-46(49-44)35-21-20-27-10-4-5-13-31(27)41(35)33-15-8-18-39-43(33)36-24-29-22-23-47-26-30(29)25-40(36)52-39/h1-26H. The predicted octanol–water partition coefficient (Wildman–Crippen LogP) is 12.0. The average molecular weight is 667 g/mol. The van der Waals surface area contributed by atoms with Gasteiger partial charge >= 0.3 is 0 Å². The lowest BCUT2D eigenvalue weighted by Crippen LogP contribution is -2.01. The second-order valence-corrected chi connectivity index (χ2v) is 13.0. The van der Waals surface area contributed by atoms with Crippen molar-refractivity contribution in [1.29, 1.82) is 0 Å². The number of para-hydroxylation sites is 1. The number of nitrogens with zero attached hydrogens (tertiary/aromatic N) is 4. The molecule has 7 aromatic carbocycles. The van der Waals surface area contributed by atoms with Crippen LogP contribution in [0.15, 0.2) is 167 Å². The maximum Gasteiger partial charge on any atom is 0.164 e. The Bertz CT molecular complexity index is 3200. The van der Waals surface area contributed by atoms with Crippen molar-refractivity contribution in [1.82, 2.24) is 19.9 Å². The van der Waals surface area contributed by atoms with Crippen LogP contribution in [0.1, 0.15) is 0 Å². The molecule has 0 N–H and O–H groups in total. The van der Waals surface area contributed by atoms with Crippen LogP contribution in [-0.4, -0.2) is 19.9 Å². The van der Waals surface area contributed by atoms with Crippen LogP contribution in [0.2, 0.25) is 0 Å². The number of fused-ring (bicyclic) bond motifs is 8. The van der Waals surface area contributed by atoms with Gasteiger partial charge in [-0.2, -0.15) is 0 Å². The quantitative estimate of drug-likeness (QED) is 0.186. The van der Waals surface area contributed by atoms with Crippen molar-refractivity contribution in [2.75, 3.05) is 0 Å². The van der Waals surface area contributed by atoms with Gasteiger partial charge in [0.1, 0.15) is 22.3 Å². The number of pyridine rings is 1. The molecule has 0 saturated heterocycles. The summed E-state index contributed by atoms with van der Waals surface area (Å²) in [6, 6.07) is 49.6. The van der Waals surface area contributed by atoms with E-state index in [9.17, 15) is 0 Å². The highest BCUT2D eigenvalue weighted by atomic mass is 16.3. The summed E-state index contributed by atoms with van der Waals surface area (Å²) in [5.41, 5.74) is 8.01. The fraction of sp³-hybridized carbons (Fsp3) is 0. The monoisotopic (exact) mass is 666 g/mol. The third kappa shape index (κ3) is 4.38. The first-order valence-electron chi connectivity index (χ1n) is 17.2. The van der Waals surface area contributed by atoms with Gasteiger partial charge in [0.05, 0.1) is 0 Å². The Morgan fingerprint density at radius 3 is 1.92 bits per heavy atom. The fourth-order valence-electron chi connectivity index (χ4n) is 7.66. The van der Waals surface area contributed by atoms with Gasteiger partial charge in [0.25, 0.3) is 0 Å². The molecule has 4 aromatic heterocycles. The number of aromatic nitrogens is 4. The Morgan fingerprint density at radius 2 is 1.06 bits per heavy atom. The van der Waals surface area contributed by atoms with Gasteiger partial charge in [-0.25, -0.2) is 15.0 Å². The minimum atomic E-state index is 0.576. The first-order valence-corrected chi connectivity index (χ1v) is 17.2. The number of rotatable bonds is 4. The fourth-order valence-corrected chi connectivity index (χ4v) is 7.66. The molecule has 0 aliphatic carbocycles. The predicted molar refractivity (Wildman–Crippen MR) is 209 cm³/mol. The highest BCUT2D eigenvalue weighted by Crippen LogP contribution is 2.45. The number of hydrogen-bond donors (Lipinski definition) is 0. The van der Waals surface area contributed by atoms with Crippen molar-refractivity contribution in [2.45, 2.75) is 0 Å². The first kappa shape index (κ1) is 28.6. The molecule has 0 amide bonds. The van der Waals surface area contributed by atoms with Crippen LogP contribution in [-0.2, 0) is 0 Å². The highest BCUT2D eigenvalue weighted by Gasteiger charge is 2.23. The third-order valence-corrected chi connectivity index (χ3v) is 10.0. The smallest absolute Gasteiger partial charge is 0.164 e. The summed E-state index contributed by atoms with van der Waals surface area (Å²) in [4.78, 5) is 20.0. The van der Waals surface area contributed by atoms with Gasteiger partial charge in [-0.15, -0.1) is 0 Å². The van der Waals surface area contributed by atoms with E-state index in [0.29, 0.717) is 17.5 Å². The van der Waals surface area contributed by atoms with Gasteiger partial charge < -0.3 is 8.83 Å². The highest BCUT2D eigenvalue weighted by molar-refractivity contribution is 6.19. The topological polar surface area (TPSA) is 77.8 Å². The van der Waals surface area contributed by atoms with Gasteiger partial charge in [0.2, 0.25) is 0 Å². The largest absolute Gasteiger partial charge is 0.456 e. The summed E-state index contributed by atoms with van der Waals surface area (Å²) in [5, 5.41) is 8.44. The lowest BCUT2D eigenvalue weighted by molar-refractivity contribution is 0.669. The SMILES string of the molecule is c1ccc(-c2nc(-c3ccc4ccccc4c3-c3cccc4oc5cc6cnccc6cc5c34)nc(-c3cccc4oc5ccccc5c34)n2)cc1. The van der Waals surface area contributed by atoms with Crippen LogP contribution in [0.4, 0.5) is 0 Å². The third-order valence-electron chi connectivity index (χ3n) is 10.0. The summed E-state index contributed by atoms with van der Waals surface area (Å²) >= 11 is 0. The van der Waals surface area contributed by atoms with E-state index in [4.69, 9.17) is 23.8 Å². The van der Waals surface area contributed by atoms with Crippen molar-refractivity contribution < 1.29 is 8.83 Å². The van der Waals surface area contributed by atoms with Crippen molar-refractivity contribution in [3.05, 3.63) is 158 Å². The van der Waals surface area contributed by atoms with Gasteiger partial charge in [0.15, 0.2) is 17.5 Å². The van der Waals surface area contributed by atoms with Gasteiger partial charge in [-0.3, -0.25) is 4.98 Å². The number of benzene rings is 7. The maximum absolute atomic E-state index is 6.52. The van der Waals surface area contributed by atoms with Crippen LogP contribution >= 0.6 is 0 Å². The maximum atomic E-state index is 6.52. The van der Waals surface area contributed by atoms with E-state index in [1.54, 1.807) is 0 Å². The van der Waals surface area contributed by atoms with E-state index in [0.717, 1.165) is 93.2 Å². The van der Waals surface area contributed by atoms with Crippen molar-refractivity contribution in [3.63, 3.8) is 0 Å². The zero-order chi connectivity index (χ0) is 34.2. The zero-order valence-electron chi connectivity index (χ0n) is 27.6. The Balaban J connectivity index is 1.24. The van der Waals surface area contributed by atoms with E-state index in [2.05, 4.69) is 77.8 Å². The second-order valence-electron chi connectivity index (χ2n) is 13.0. The molecule has 0 bridgehead atoms. The number of furan rings is 2. The molecule has 0 saturated carbocycles. The summed E-state index contributed by atoms with van der Waals surface area (Å²) < 4.78 is 12.8. The lowest BCUT2D eigenvalue weighted by atomic mass is 9.90. The molecule has 4 heterocycles. The molecule has 6 nitrogen and oxygen atoms in total. The summed E-state index contributed by atoms with van der Waals surface area (Å²) in [6.45, 7) is 0. The van der Waals surface area contributed by atoms with Crippen molar-refractivity contribution in [2.24, 2.45) is 0 Å². The first-order chi connectivity index (χ1) is 25.8. The minimum Gasteiger partial charge on any atom is -0.456 e. The molecule has 52 heavy (non-hydrogen) atoms. The molecule has 0 aliphatic heterocycles. The van der Waals surface area contributed by atoms with Crippen molar-refractivity contribution >= 4 is 65.4 Å². The molecular formula is C46H26N4O2. The molecule has 0 aliphatic rings. The Morgan fingerprint density at radius 1 is 0.385 bits per heavy atom. The molecular weight excluding hydrogens is 641 g/mol. The van der Waals surface area contributed by atoms with Gasteiger partial charge in [-0.1, -0.05) is 103 Å². The van der Waals surface area contributed by atoms with Crippen LogP contribution in [0.3, 0.4) is 0 Å². The summed E-state index contributed by atoms with van der Waals surface area (Å²) in [5.74, 6) is 1.75. The molecule has 242 valence electrons. The van der Waals surface area contributed by atoms with Gasteiger partial charge in [-0.05, 0) is 64.2 Å². The second kappa shape index (κ2) is 11.2. The summed E-state index contributed by atoms with van der Waals surface area (Å²) in [6.07, 6.45) is 3.71. The van der Waals surface area contributed by atoms with E-state index >= 15 is 0 Å².